The molecule has 2 aromatic rings. The number of ether oxygens (including phenoxy) is 4. The molecule has 8 nitrogen and oxygen atoms in total. The number of carbonyl (C=O) groups is 1. The van der Waals surface area contributed by atoms with E-state index >= 15 is 0 Å². The van der Waals surface area contributed by atoms with Crippen LogP contribution < -0.4 is 18.9 Å². The second-order valence-corrected chi connectivity index (χ2v) is 8.02. The number of aryl methyl sites for hydroxylation is 1. The second kappa shape index (κ2) is 9.83. The Hall–Kier alpha value is -3.72. The Bertz CT molecular complexity index is 1150. The highest BCUT2D eigenvalue weighted by Gasteiger charge is 2.31. The third-order valence-corrected chi connectivity index (χ3v) is 5.68. The molecule has 33 heavy (non-hydrogen) atoms. The molecule has 2 heterocycles. The van der Waals surface area contributed by atoms with Crippen molar-refractivity contribution in [1.29, 1.82) is 5.41 Å². The highest BCUT2D eigenvalue weighted by atomic mass is 32.2. The molecule has 0 unspecified atom stereocenters. The first-order valence-electron chi connectivity index (χ1n) is 10.1. The van der Waals surface area contributed by atoms with Crippen LogP contribution in [0.4, 0.5) is 0 Å². The van der Waals surface area contributed by atoms with E-state index < -0.39 is 5.91 Å². The lowest BCUT2D eigenvalue weighted by atomic mass is 10.1. The Morgan fingerprint density at radius 2 is 1.73 bits per heavy atom. The number of nitrogens with zero attached hydrogens (tertiary/aromatic N) is 2. The van der Waals surface area contributed by atoms with Crippen molar-refractivity contribution in [2.45, 2.75) is 6.92 Å². The van der Waals surface area contributed by atoms with Crippen LogP contribution >= 0.6 is 11.8 Å². The van der Waals surface area contributed by atoms with Crippen molar-refractivity contribution < 1.29 is 23.7 Å². The Balaban J connectivity index is 1.51. The van der Waals surface area contributed by atoms with Crippen molar-refractivity contribution in [1.82, 2.24) is 4.90 Å². The SMILES string of the molecule is COc1cc(C=C2C(=N)N3C=CSC3=NC2=O)cc(OC)c1OCCOc1ccc(C)cc1. The molecule has 2 aromatic carbocycles. The molecule has 0 radical (unpaired) electrons. The molecule has 1 N–H and O–H groups in total. The summed E-state index contributed by atoms with van der Waals surface area (Å²) >= 11 is 1.30. The molecule has 0 aliphatic carbocycles. The zero-order chi connectivity index (χ0) is 23.4. The fourth-order valence-electron chi connectivity index (χ4n) is 3.26. The molecular weight excluding hydrogens is 442 g/mol. The number of carbonyl (C=O) groups excluding carboxylic acids is 1. The minimum atomic E-state index is -0.464. The highest BCUT2D eigenvalue weighted by molar-refractivity contribution is 8.16. The van der Waals surface area contributed by atoms with Crippen molar-refractivity contribution in [3.63, 3.8) is 0 Å². The van der Waals surface area contributed by atoms with E-state index in [0.29, 0.717) is 34.6 Å². The fraction of sp³-hybridized carbons (Fsp3) is 0.208. The van der Waals surface area contributed by atoms with Gasteiger partial charge in [0.2, 0.25) is 5.75 Å². The van der Waals surface area contributed by atoms with Crippen LogP contribution in [0.15, 0.2) is 58.6 Å². The van der Waals surface area contributed by atoms with Crippen molar-refractivity contribution in [2.24, 2.45) is 4.99 Å². The number of hydrogen-bond acceptors (Lipinski definition) is 7. The number of thioether (sulfide) groups is 1. The Kier molecular flexibility index (Phi) is 6.69. The Morgan fingerprint density at radius 3 is 2.39 bits per heavy atom. The van der Waals surface area contributed by atoms with Gasteiger partial charge in [-0.3, -0.25) is 15.1 Å². The van der Waals surface area contributed by atoms with Gasteiger partial charge < -0.3 is 18.9 Å². The molecule has 1 amide bonds. The van der Waals surface area contributed by atoms with Gasteiger partial charge in [0.1, 0.15) is 24.8 Å². The van der Waals surface area contributed by atoms with Crippen LogP contribution in [0, 0.1) is 12.3 Å². The maximum atomic E-state index is 12.5. The Morgan fingerprint density at radius 1 is 1.06 bits per heavy atom. The number of hydrogen-bond donors (Lipinski definition) is 1. The molecule has 0 saturated carbocycles. The maximum absolute atomic E-state index is 12.5. The van der Waals surface area contributed by atoms with E-state index in [1.165, 1.54) is 26.0 Å². The topological polar surface area (TPSA) is 93.4 Å². The van der Waals surface area contributed by atoms with Crippen LogP contribution in [0.1, 0.15) is 11.1 Å². The number of aliphatic imine (C=N–C) groups is 1. The van der Waals surface area contributed by atoms with Gasteiger partial charge in [0.15, 0.2) is 16.7 Å². The van der Waals surface area contributed by atoms with Crippen molar-refractivity contribution >= 4 is 34.7 Å². The summed E-state index contributed by atoms with van der Waals surface area (Å²) in [6, 6.07) is 11.2. The highest BCUT2D eigenvalue weighted by Crippen LogP contribution is 2.39. The lowest BCUT2D eigenvalue weighted by Gasteiger charge is -2.22. The number of amidine groups is 2. The molecule has 0 spiro atoms. The van der Waals surface area contributed by atoms with E-state index in [2.05, 4.69) is 4.99 Å². The molecule has 0 saturated heterocycles. The zero-order valence-electron chi connectivity index (χ0n) is 18.5. The maximum Gasteiger partial charge on any atom is 0.283 e. The van der Waals surface area contributed by atoms with Crippen LogP contribution in [-0.2, 0) is 4.79 Å². The van der Waals surface area contributed by atoms with Gasteiger partial charge in [-0.1, -0.05) is 29.5 Å². The molecule has 0 fully saturated rings. The van der Waals surface area contributed by atoms with Gasteiger partial charge in [-0.15, -0.1) is 0 Å². The third-order valence-electron chi connectivity index (χ3n) is 4.93. The minimum absolute atomic E-state index is 0.0674. The summed E-state index contributed by atoms with van der Waals surface area (Å²) in [6.45, 7) is 2.64. The van der Waals surface area contributed by atoms with Crippen LogP contribution in [0.2, 0.25) is 0 Å². The van der Waals surface area contributed by atoms with Crippen molar-refractivity contribution in [3.05, 3.63) is 64.7 Å². The van der Waals surface area contributed by atoms with Crippen LogP contribution in [0.5, 0.6) is 23.0 Å². The normalized spacial score (nSPS) is 16.0. The van der Waals surface area contributed by atoms with Crippen molar-refractivity contribution in [2.75, 3.05) is 27.4 Å². The monoisotopic (exact) mass is 465 g/mol. The van der Waals surface area contributed by atoms with E-state index in [4.69, 9.17) is 24.4 Å². The van der Waals surface area contributed by atoms with Crippen LogP contribution in [0.3, 0.4) is 0 Å². The summed E-state index contributed by atoms with van der Waals surface area (Å²) in [6.07, 6.45) is 3.31. The minimum Gasteiger partial charge on any atom is -0.493 e. The standard InChI is InChI=1S/C24H23N3O5S/c1-15-4-6-17(7-5-15)31-9-10-32-21-19(29-2)13-16(14-20(21)30-3)12-18-22(25)27-8-11-33-24(27)26-23(18)28/h4-8,11-14,25H,9-10H2,1-3H3. The number of benzene rings is 2. The zero-order valence-corrected chi connectivity index (χ0v) is 19.3. The summed E-state index contributed by atoms with van der Waals surface area (Å²) in [5, 5.41) is 10.6. The van der Waals surface area contributed by atoms with Crippen LogP contribution in [0.25, 0.3) is 6.08 Å². The van der Waals surface area contributed by atoms with Crippen LogP contribution in [-0.4, -0.2) is 49.2 Å². The molecule has 170 valence electrons. The first-order valence-corrected chi connectivity index (χ1v) is 11.0. The number of fused-ring (bicyclic) bond motifs is 1. The molecule has 9 heteroatoms. The number of nitrogens with one attached hydrogen (secondary N) is 1. The van der Waals surface area contributed by atoms with Gasteiger partial charge in [0.25, 0.3) is 5.91 Å². The quantitative estimate of drug-likeness (QED) is 0.460. The average Bonchev–Trinajstić information content (AvgIpc) is 3.29. The van der Waals surface area contributed by atoms with Gasteiger partial charge in [0.05, 0.1) is 19.8 Å². The van der Waals surface area contributed by atoms with Gasteiger partial charge >= 0.3 is 0 Å². The summed E-state index contributed by atoms with van der Waals surface area (Å²) < 4.78 is 22.6. The van der Waals surface area contributed by atoms with Crippen molar-refractivity contribution in [3.8, 4) is 23.0 Å². The third kappa shape index (κ3) is 4.88. The van der Waals surface area contributed by atoms with E-state index in [0.717, 1.165) is 11.3 Å². The van der Waals surface area contributed by atoms with E-state index in [1.54, 1.807) is 34.7 Å². The van der Waals surface area contributed by atoms with Gasteiger partial charge in [-0.2, -0.15) is 4.99 Å². The predicted octanol–water partition coefficient (Wildman–Crippen LogP) is 4.25. The largest absolute Gasteiger partial charge is 0.493 e. The number of amides is 1. The fourth-order valence-corrected chi connectivity index (χ4v) is 3.97. The molecule has 0 atom stereocenters. The van der Waals surface area contributed by atoms with E-state index in [-0.39, 0.29) is 18.0 Å². The summed E-state index contributed by atoms with van der Waals surface area (Å²) in [5.74, 6) is 1.67. The molecule has 2 aliphatic rings. The summed E-state index contributed by atoms with van der Waals surface area (Å²) in [7, 11) is 3.05. The molecule has 2 aliphatic heterocycles. The smallest absolute Gasteiger partial charge is 0.283 e. The summed E-state index contributed by atoms with van der Waals surface area (Å²) in [5.41, 5.74) is 1.96. The first-order chi connectivity index (χ1) is 16.0. The van der Waals surface area contributed by atoms with E-state index in [1.807, 2.05) is 31.2 Å². The number of rotatable bonds is 8. The average molecular weight is 466 g/mol. The summed E-state index contributed by atoms with van der Waals surface area (Å²) in [4.78, 5) is 18.1. The predicted molar refractivity (Wildman–Crippen MR) is 128 cm³/mol. The molecular formula is C24H23N3O5S. The lowest BCUT2D eigenvalue weighted by Crippen LogP contribution is -2.35. The second-order valence-electron chi connectivity index (χ2n) is 7.14. The first kappa shape index (κ1) is 22.5. The molecule has 4 rings (SSSR count). The molecule has 0 aromatic heterocycles. The molecule has 0 bridgehead atoms. The number of methoxy groups -OCH3 is 2. The van der Waals surface area contributed by atoms with Gasteiger partial charge in [-0.05, 0) is 48.2 Å². The Labute approximate surface area is 196 Å². The van der Waals surface area contributed by atoms with Gasteiger partial charge in [-0.25, -0.2) is 0 Å². The lowest BCUT2D eigenvalue weighted by molar-refractivity contribution is -0.114. The van der Waals surface area contributed by atoms with E-state index in [9.17, 15) is 4.79 Å². The van der Waals surface area contributed by atoms with Gasteiger partial charge in [0, 0.05) is 6.20 Å².